The van der Waals surface area contributed by atoms with Crippen LogP contribution in [-0.4, -0.2) is 17.3 Å². The second-order valence-corrected chi connectivity index (χ2v) is 7.99. The van der Waals surface area contributed by atoms with Crippen LogP contribution in [0.15, 0.2) is 29.2 Å². The average molecular weight is 316 g/mol. The van der Waals surface area contributed by atoms with E-state index in [1.165, 1.54) is 45.3 Å². The van der Waals surface area contributed by atoms with Crippen LogP contribution >= 0.6 is 23.1 Å². The summed E-state index contributed by atoms with van der Waals surface area (Å²) >= 11 is 3.93. The van der Waals surface area contributed by atoms with E-state index in [1.54, 1.807) is 0 Å². The van der Waals surface area contributed by atoms with E-state index in [0.717, 1.165) is 18.7 Å². The van der Waals surface area contributed by atoms with Gasteiger partial charge in [0.25, 0.3) is 0 Å². The molecule has 2 heterocycles. The Labute approximate surface area is 134 Å². The summed E-state index contributed by atoms with van der Waals surface area (Å²) < 4.78 is 0. The molecule has 1 aromatic carbocycles. The van der Waals surface area contributed by atoms with Gasteiger partial charge in [0.05, 0.1) is 11.2 Å². The third-order valence-electron chi connectivity index (χ3n) is 4.52. The number of thioether (sulfide) groups is 1. The fraction of sp³-hybridized carbons (Fsp3) is 0.471. The zero-order valence-corrected chi connectivity index (χ0v) is 13.9. The van der Waals surface area contributed by atoms with Crippen LogP contribution in [0.4, 0.5) is 0 Å². The van der Waals surface area contributed by atoms with Crippen molar-refractivity contribution in [2.75, 3.05) is 12.3 Å². The molecule has 1 aliphatic heterocycles. The summed E-state index contributed by atoms with van der Waals surface area (Å²) in [6.45, 7) is 3.18. The maximum atomic E-state index is 5.05. The van der Waals surface area contributed by atoms with Crippen LogP contribution in [0.3, 0.4) is 0 Å². The van der Waals surface area contributed by atoms with E-state index in [4.69, 9.17) is 4.98 Å². The Morgan fingerprint density at radius 1 is 1.29 bits per heavy atom. The van der Waals surface area contributed by atoms with Crippen LogP contribution in [0.1, 0.15) is 40.9 Å². The molecule has 4 rings (SSSR count). The summed E-state index contributed by atoms with van der Waals surface area (Å²) in [7, 11) is 0. The average Bonchev–Trinajstić information content (AvgIpc) is 3.09. The molecular weight excluding hydrogens is 296 g/mol. The monoisotopic (exact) mass is 316 g/mol. The van der Waals surface area contributed by atoms with Crippen LogP contribution in [0.2, 0.25) is 0 Å². The van der Waals surface area contributed by atoms with Crippen LogP contribution in [-0.2, 0) is 18.4 Å². The summed E-state index contributed by atoms with van der Waals surface area (Å²) in [6.07, 6.45) is 4.82. The molecule has 1 atom stereocenters. The van der Waals surface area contributed by atoms with E-state index >= 15 is 0 Å². The molecule has 1 N–H and O–H groups in total. The maximum absolute atomic E-state index is 5.05. The first-order chi connectivity index (χ1) is 10.3. The van der Waals surface area contributed by atoms with Crippen molar-refractivity contribution in [3.05, 3.63) is 45.4 Å². The number of nitrogens with one attached hydrogen (secondary N) is 1. The molecule has 0 radical (unpaired) electrons. The van der Waals surface area contributed by atoms with E-state index in [2.05, 4.69) is 36.5 Å². The second kappa shape index (κ2) is 5.41. The number of aryl methyl sites for hydroxylation is 2. The first-order valence-electron chi connectivity index (χ1n) is 7.80. The SMILES string of the molecule is CCNC1(c2nc3c(s2)CCC3)CCSc2ccccc21. The van der Waals surface area contributed by atoms with Crippen LogP contribution < -0.4 is 5.32 Å². The van der Waals surface area contributed by atoms with Crippen LogP contribution in [0, 0.1) is 0 Å². The zero-order chi connectivity index (χ0) is 14.3. The molecular formula is C17H20N2S2. The normalized spacial score (nSPS) is 23.9. The van der Waals surface area contributed by atoms with Gasteiger partial charge in [-0.05, 0) is 43.9 Å². The lowest BCUT2D eigenvalue weighted by molar-refractivity contribution is 0.387. The van der Waals surface area contributed by atoms with Gasteiger partial charge in [0.15, 0.2) is 0 Å². The molecule has 0 saturated carbocycles. The smallest absolute Gasteiger partial charge is 0.118 e. The van der Waals surface area contributed by atoms with E-state index in [0.29, 0.717) is 0 Å². The van der Waals surface area contributed by atoms with Crippen molar-refractivity contribution in [3.8, 4) is 0 Å². The molecule has 1 aliphatic carbocycles. The first-order valence-corrected chi connectivity index (χ1v) is 9.60. The van der Waals surface area contributed by atoms with E-state index < -0.39 is 0 Å². The molecule has 2 nitrogen and oxygen atoms in total. The lowest BCUT2D eigenvalue weighted by atomic mass is 9.87. The van der Waals surface area contributed by atoms with Gasteiger partial charge in [-0.25, -0.2) is 4.98 Å². The Kier molecular flexibility index (Phi) is 3.56. The van der Waals surface area contributed by atoms with Crippen molar-refractivity contribution in [2.45, 2.75) is 43.0 Å². The van der Waals surface area contributed by atoms with Gasteiger partial charge in [0.2, 0.25) is 0 Å². The summed E-state index contributed by atoms with van der Waals surface area (Å²) in [5.74, 6) is 1.16. The molecule has 1 unspecified atom stereocenters. The second-order valence-electron chi connectivity index (χ2n) is 5.77. The largest absolute Gasteiger partial charge is 0.302 e. The van der Waals surface area contributed by atoms with E-state index in [9.17, 15) is 0 Å². The minimum Gasteiger partial charge on any atom is -0.302 e. The Morgan fingerprint density at radius 3 is 3.05 bits per heavy atom. The Balaban J connectivity index is 1.87. The van der Waals surface area contributed by atoms with Crippen LogP contribution in [0.25, 0.3) is 0 Å². The molecule has 2 aromatic rings. The van der Waals surface area contributed by atoms with Crippen molar-refractivity contribution in [2.24, 2.45) is 0 Å². The van der Waals surface area contributed by atoms with Gasteiger partial charge in [-0.3, -0.25) is 0 Å². The molecule has 0 amide bonds. The van der Waals surface area contributed by atoms with Crippen molar-refractivity contribution in [3.63, 3.8) is 0 Å². The highest BCUT2D eigenvalue weighted by Gasteiger charge is 2.41. The lowest BCUT2D eigenvalue weighted by Crippen LogP contribution is -2.45. The van der Waals surface area contributed by atoms with Gasteiger partial charge in [0, 0.05) is 15.5 Å². The van der Waals surface area contributed by atoms with E-state index in [1.807, 2.05) is 23.1 Å². The predicted octanol–water partition coefficient (Wildman–Crippen LogP) is 3.98. The number of aromatic nitrogens is 1. The van der Waals surface area contributed by atoms with Gasteiger partial charge < -0.3 is 5.32 Å². The predicted molar refractivity (Wildman–Crippen MR) is 90.4 cm³/mol. The number of fused-ring (bicyclic) bond motifs is 2. The number of hydrogen-bond donors (Lipinski definition) is 1. The highest BCUT2D eigenvalue weighted by atomic mass is 32.2. The molecule has 2 aliphatic rings. The minimum atomic E-state index is -0.0639. The zero-order valence-electron chi connectivity index (χ0n) is 12.3. The molecule has 110 valence electrons. The van der Waals surface area contributed by atoms with Gasteiger partial charge in [0.1, 0.15) is 5.01 Å². The molecule has 0 saturated heterocycles. The summed E-state index contributed by atoms with van der Waals surface area (Å²) in [5, 5.41) is 5.09. The summed E-state index contributed by atoms with van der Waals surface area (Å²) in [5.41, 5.74) is 2.73. The van der Waals surface area contributed by atoms with Crippen molar-refractivity contribution < 1.29 is 0 Å². The van der Waals surface area contributed by atoms with E-state index in [-0.39, 0.29) is 5.54 Å². The third kappa shape index (κ3) is 2.16. The van der Waals surface area contributed by atoms with Crippen LogP contribution in [0.5, 0.6) is 0 Å². The molecule has 0 spiro atoms. The Morgan fingerprint density at radius 2 is 2.19 bits per heavy atom. The van der Waals surface area contributed by atoms with Gasteiger partial charge >= 0.3 is 0 Å². The molecule has 4 heteroatoms. The molecule has 0 fully saturated rings. The number of hydrogen-bond acceptors (Lipinski definition) is 4. The topological polar surface area (TPSA) is 24.9 Å². The number of thiazole rings is 1. The number of benzene rings is 1. The van der Waals surface area contributed by atoms with Crippen molar-refractivity contribution in [1.82, 2.24) is 10.3 Å². The minimum absolute atomic E-state index is 0.0639. The third-order valence-corrected chi connectivity index (χ3v) is 6.92. The summed E-state index contributed by atoms with van der Waals surface area (Å²) in [4.78, 5) is 7.99. The fourth-order valence-corrected chi connectivity index (χ4v) is 6.11. The standard InChI is InChI=1S/C17H20N2S2/c1-2-18-17(16-19-13-7-5-9-15(13)21-16)10-11-20-14-8-4-3-6-12(14)17/h3-4,6,8,18H,2,5,7,9-11H2,1H3. The van der Waals surface area contributed by atoms with Crippen molar-refractivity contribution >= 4 is 23.1 Å². The highest BCUT2D eigenvalue weighted by Crippen LogP contribution is 2.46. The molecule has 0 bridgehead atoms. The number of nitrogens with zero attached hydrogens (tertiary/aromatic N) is 1. The first kappa shape index (κ1) is 13.8. The fourth-order valence-electron chi connectivity index (χ4n) is 3.55. The summed E-state index contributed by atoms with van der Waals surface area (Å²) in [6, 6.07) is 8.86. The molecule has 21 heavy (non-hydrogen) atoms. The highest BCUT2D eigenvalue weighted by molar-refractivity contribution is 7.99. The maximum Gasteiger partial charge on any atom is 0.118 e. The van der Waals surface area contributed by atoms with Crippen molar-refractivity contribution in [1.29, 1.82) is 0 Å². The lowest BCUT2D eigenvalue weighted by Gasteiger charge is -2.38. The van der Waals surface area contributed by atoms with Gasteiger partial charge in [-0.1, -0.05) is 25.1 Å². The quantitative estimate of drug-likeness (QED) is 0.927. The number of rotatable bonds is 3. The molecule has 1 aromatic heterocycles. The Bertz CT molecular complexity index is 643. The Hall–Kier alpha value is -0.840. The van der Waals surface area contributed by atoms with Gasteiger partial charge in [-0.2, -0.15) is 0 Å². The van der Waals surface area contributed by atoms with Gasteiger partial charge in [-0.15, -0.1) is 23.1 Å².